The number of likely N-dealkylation sites (N-methyl/N-ethyl adjacent to an activating group) is 1. The van der Waals surface area contributed by atoms with E-state index in [4.69, 9.17) is 19.2 Å². The smallest absolute Gasteiger partial charge is 0.241 e. The van der Waals surface area contributed by atoms with E-state index in [1.54, 1.807) is 26.1 Å². The van der Waals surface area contributed by atoms with Gasteiger partial charge in [-0.3, -0.25) is 9.69 Å². The number of nitrogens with one attached hydrogen (secondary N) is 2. The summed E-state index contributed by atoms with van der Waals surface area (Å²) in [6.07, 6.45) is 0.984. The molecule has 0 aromatic heterocycles. The zero-order chi connectivity index (χ0) is 23.2. The highest BCUT2D eigenvalue weighted by molar-refractivity contribution is 14.0. The van der Waals surface area contributed by atoms with Crippen molar-refractivity contribution >= 4 is 35.8 Å². The van der Waals surface area contributed by atoms with E-state index >= 15 is 0 Å². The van der Waals surface area contributed by atoms with Crippen molar-refractivity contribution in [2.75, 3.05) is 80.4 Å². The number of morpholine rings is 1. The Labute approximate surface area is 215 Å². The number of hydrogen-bond acceptors (Lipinski definition) is 6. The molecule has 0 radical (unpaired) electrons. The van der Waals surface area contributed by atoms with Gasteiger partial charge in [-0.15, -0.1) is 24.0 Å². The Hall–Kier alpha value is -1.63. The van der Waals surface area contributed by atoms with Gasteiger partial charge in [0.25, 0.3) is 0 Å². The topological polar surface area (TPSA) is 87.7 Å². The first-order chi connectivity index (χ1) is 15.5. The second-order valence-corrected chi connectivity index (χ2v) is 7.99. The van der Waals surface area contributed by atoms with Gasteiger partial charge in [-0.2, -0.15) is 0 Å². The standard InChI is InChI=1S/C23H39N5O4.HI/c1-19-6-7-20(21(16-19)32-15-14-30-4)17-25-23(26-18-22(29)27(2)3)24-8-5-9-28-10-12-31-13-11-28;/h6-7,16H,5,8-15,17-18H2,1-4H3,(H2,24,25,26);1H. The summed E-state index contributed by atoms with van der Waals surface area (Å²) in [5.74, 6) is 1.42. The average molecular weight is 578 g/mol. The van der Waals surface area contributed by atoms with Crippen molar-refractivity contribution in [3.63, 3.8) is 0 Å². The van der Waals surface area contributed by atoms with E-state index in [-0.39, 0.29) is 36.4 Å². The van der Waals surface area contributed by atoms with Crippen LogP contribution in [-0.4, -0.2) is 102 Å². The molecule has 0 bridgehead atoms. The van der Waals surface area contributed by atoms with E-state index in [1.165, 1.54) is 0 Å². The number of ether oxygens (including phenoxy) is 3. The van der Waals surface area contributed by atoms with Crippen LogP contribution in [0.15, 0.2) is 23.2 Å². The number of benzene rings is 1. The third-order valence-corrected chi connectivity index (χ3v) is 5.13. The van der Waals surface area contributed by atoms with Crippen molar-refractivity contribution in [2.45, 2.75) is 19.9 Å². The molecule has 2 N–H and O–H groups in total. The van der Waals surface area contributed by atoms with Crippen LogP contribution >= 0.6 is 24.0 Å². The van der Waals surface area contributed by atoms with E-state index in [1.807, 2.05) is 25.1 Å². The van der Waals surface area contributed by atoms with E-state index in [0.29, 0.717) is 25.7 Å². The van der Waals surface area contributed by atoms with E-state index in [0.717, 1.165) is 62.7 Å². The molecular weight excluding hydrogens is 537 g/mol. The molecule has 33 heavy (non-hydrogen) atoms. The van der Waals surface area contributed by atoms with Gasteiger partial charge in [0, 0.05) is 46.4 Å². The molecule has 10 heteroatoms. The van der Waals surface area contributed by atoms with Crippen LogP contribution in [-0.2, 0) is 20.8 Å². The lowest BCUT2D eigenvalue weighted by molar-refractivity contribution is -0.127. The molecule has 1 saturated heterocycles. The molecule has 1 aliphatic heterocycles. The fourth-order valence-electron chi connectivity index (χ4n) is 3.15. The van der Waals surface area contributed by atoms with Crippen LogP contribution in [0.4, 0.5) is 0 Å². The minimum Gasteiger partial charge on any atom is -0.491 e. The third kappa shape index (κ3) is 11.9. The van der Waals surface area contributed by atoms with Crippen molar-refractivity contribution < 1.29 is 19.0 Å². The Morgan fingerprint density at radius 2 is 1.97 bits per heavy atom. The molecule has 0 saturated carbocycles. The first kappa shape index (κ1) is 29.4. The Morgan fingerprint density at radius 1 is 1.21 bits per heavy atom. The molecule has 0 aliphatic carbocycles. The highest BCUT2D eigenvalue weighted by Gasteiger charge is 2.11. The van der Waals surface area contributed by atoms with Crippen LogP contribution < -0.4 is 15.4 Å². The van der Waals surface area contributed by atoms with Gasteiger partial charge in [-0.05, 0) is 31.5 Å². The average Bonchev–Trinajstić information content (AvgIpc) is 2.79. The van der Waals surface area contributed by atoms with Gasteiger partial charge in [-0.25, -0.2) is 4.99 Å². The highest BCUT2D eigenvalue weighted by Crippen LogP contribution is 2.21. The molecule has 1 aromatic carbocycles. The summed E-state index contributed by atoms with van der Waals surface area (Å²) in [5, 5.41) is 6.50. The quantitative estimate of drug-likeness (QED) is 0.169. The number of aliphatic imine (C=N–C) groups is 1. The number of rotatable bonds is 12. The number of carbonyl (C=O) groups is 1. The van der Waals surface area contributed by atoms with E-state index in [9.17, 15) is 4.79 Å². The molecule has 1 heterocycles. The molecule has 2 rings (SSSR count). The van der Waals surface area contributed by atoms with E-state index < -0.39 is 0 Å². The zero-order valence-corrected chi connectivity index (χ0v) is 22.7. The Bertz CT molecular complexity index is 727. The van der Waals surface area contributed by atoms with Gasteiger partial charge >= 0.3 is 0 Å². The first-order valence-corrected chi connectivity index (χ1v) is 11.2. The number of carbonyl (C=O) groups excluding carboxylic acids is 1. The number of guanidine groups is 1. The molecule has 188 valence electrons. The van der Waals surface area contributed by atoms with Crippen molar-refractivity contribution in [2.24, 2.45) is 4.99 Å². The molecule has 0 atom stereocenters. The largest absolute Gasteiger partial charge is 0.491 e. The maximum atomic E-state index is 12.0. The van der Waals surface area contributed by atoms with Crippen molar-refractivity contribution in [1.29, 1.82) is 0 Å². The van der Waals surface area contributed by atoms with Gasteiger partial charge in [0.05, 0.1) is 32.9 Å². The minimum absolute atomic E-state index is 0. The molecule has 1 aliphatic rings. The molecule has 0 unspecified atom stereocenters. The lowest BCUT2D eigenvalue weighted by Crippen LogP contribution is -2.44. The maximum absolute atomic E-state index is 12.0. The summed E-state index contributed by atoms with van der Waals surface area (Å²) in [6.45, 7) is 9.03. The number of methoxy groups -OCH3 is 1. The predicted octanol–water partition coefficient (Wildman–Crippen LogP) is 1.48. The van der Waals surface area contributed by atoms with Crippen LogP contribution in [0.25, 0.3) is 0 Å². The number of halogens is 1. The SMILES string of the molecule is COCCOc1cc(C)ccc1CN=C(NCCCN1CCOCC1)NCC(=O)N(C)C.I. The Kier molecular flexibility index (Phi) is 15.1. The Balaban J connectivity index is 0.00000544. The monoisotopic (exact) mass is 577 g/mol. The summed E-state index contributed by atoms with van der Waals surface area (Å²) in [4.78, 5) is 20.7. The molecule has 1 amide bonds. The summed E-state index contributed by atoms with van der Waals surface area (Å²) in [6, 6.07) is 6.09. The van der Waals surface area contributed by atoms with Crippen LogP contribution in [0, 0.1) is 6.92 Å². The molecular formula is C23H40IN5O4. The van der Waals surface area contributed by atoms with Crippen molar-refractivity contribution in [1.82, 2.24) is 20.4 Å². The van der Waals surface area contributed by atoms with Gasteiger partial charge in [-0.1, -0.05) is 12.1 Å². The Morgan fingerprint density at radius 3 is 2.67 bits per heavy atom. The molecule has 1 aromatic rings. The van der Waals surface area contributed by atoms with Gasteiger partial charge in [0.15, 0.2) is 5.96 Å². The zero-order valence-electron chi connectivity index (χ0n) is 20.4. The normalized spacial score (nSPS) is 14.4. The fraction of sp³-hybridized carbons (Fsp3) is 0.652. The minimum atomic E-state index is -0.00765. The van der Waals surface area contributed by atoms with E-state index in [2.05, 4.69) is 15.5 Å². The summed E-state index contributed by atoms with van der Waals surface area (Å²) in [5.41, 5.74) is 2.11. The van der Waals surface area contributed by atoms with Gasteiger partial charge in [0.1, 0.15) is 12.4 Å². The lowest BCUT2D eigenvalue weighted by Gasteiger charge is -2.26. The number of hydrogen-bond donors (Lipinski definition) is 2. The second-order valence-electron chi connectivity index (χ2n) is 7.99. The number of amides is 1. The number of aryl methyl sites for hydroxylation is 1. The van der Waals surface area contributed by atoms with Crippen molar-refractivity contribution in [3.05, 3.63) is 29.3 Å². The molecule has 9 nitrogen and oxygen atoms in total. The first-order valence-electron chi connectivity index (χ1n) is 11.2. The van der Waals surface area contributed by atoms with Gasteiger partial charge < -0.3 is 29.7 Å². The second kappa shape index (κ2) is 16.9. The van der Waals surface area contributed by atoms with Crippen LogP contribution in [0.5, 0.6) is 5.75 Å². The summed E-state index contributed by atoms with van der Waals surface area (Å²) >= 11 is 0. The highest BCUT2D eigenvalue weighted by atomic mass is 127. The van der Waals surface area contributed by atoms with Crippen LogP contribution in [0.2, 0.25) is 0 Å². The van der Waals surface area contributed by atoms with Gasteiger partial charge in [0.2, 0.25) is 5.91 Å². The maximum Gasteiger partial charge on any atom is 0.241 e. The van der Waals surface area contributed by atoms with Crippen LogP contribution in [0.1, 0.15) is 17.5 Å². The lowest BCUT2D eigenvalue weighted by atomic mass is 10.1. The summed E-state index contributed by atoms with van der Waals surface area (Å²) in [7, 11) is 5.14. The fourth-order valence-corrected chi connectivity index (χ4v) is 3.15. The van der Waals surface area contributed by atoms with Crippen LogP contribution in [0.3, 0.4) is 0 Å². The van der Waals surface area contributed by atoms with Crippen molar-refractivity contribution in [3.8, 4) is 5.75 Å². The summed E-state index contributed by atoms with van der Waals surface area (Å²) < 4.78 is 16.4. The molecule has 1 fully saturated rings. The molecule has 0 spiro atoms. The predicted molar refractivity (Wildman–Crippen MR) is 142 cm³/mol. The number of nitrogens with zero attached hydrogens (tertiary/aromatic N) is 3. The third-order valence-electron chi connectivity index (χ3n) is 5.13.